The summed E-state index contributed by atoms with van der Waals surface area (Å²) in [6.45, 7) is 4.61. The third-order valence-corrected chi connectivity index (χ3v) is 4.78. The highest BCUT2D eigenvalue weighted by Gasteiger charge is 2.35. The second-order valence-corrected chi connectivity index (χ2v) is 6.96. The van der Waals surface area contributed by atoms with E-state index in [2.05, 4.69) is 19.2 Å². The predicted molar refractivity (Wildman–Crippen MR) is 92.7 cm³/mol. The van der Waals surface area contributed by atoms with Gasteiger partial charge in [0.05, 0.1) is 11.1 Å². The van der Waals surface area contributed by atoms with E-state index in [0.717, 1.165) is 28.7 Å². The normalized spacial score (nSPS) is 20.6. The molecule has 1 heterocycles. The fraction of sp³-hybridized carbons (Fsp3) is 0.412. The maximum absolute atomic E-state index is 5.90. The molecule has 1 saturated carbocycles. The summed E-state index contributed by atoms with van der Waals surface area (Å²) in [5.74, 6) is 0.821. The van der Waals surface area contributed by atoms with Gasteiger partial charge in [-0.25, -0.2) is 4.98 Å². The highest BCUT2D eigenvalue weighted by Crippen LogP contribution is 2.39. The van der Waals surface area contributed by atoms with Crippen LogP contribution in [0, 0.1) is 5.41 Å². The molecule has 1 aliphatic carbocycles. The number of benzene rings is 1. The third kappa shape index (κ3) is 2.72. The van der Waals surface area contributed by atoms with Crippen molar-refractivity contribution in [3.63, 3.8) is 0 Å². The smallest absolute Gasteiger partial charge is 0.137 e. The molecule has 0 spiro atoms. The van der Waals surface area contributed by atoms with Gasteiger partial charge in [-0.05, 0) is 30.4 Å². The molecule has 110 valence electrons. The largest absolute Gasteiger partial charge is 0.389 e. The number of thiocarbonyl (C=S) groups is 1. The van der Waals surface area contributed by atoms with Gasteiger partial charge >= 0.3 is 0 Å². The summed E-state index contributed by atoms with van der Waals surface area (Å²) in [5.41, 5.74) is 7.99. The van der Waals surface area contributed by atoms with Crippen molar-refractivity contribution in [2.75, 3.05) is 5.32 Å². The van der Waals surface area contributed by atoms with Gasteiger partial charge in [0.1, 0.15) is 10.8 Å². The molecule has 3 N–H and O–H groups in total. The van der Waals surface area contributed by atoms with Crippen molar-refractivity contribution in [2.24, 2.45) is 11.1 Å². The summed E-state index contributed by atoms with van der Waals surface area (Å²) >= 11 is 5.21. The van der Waals surface area contributed by atoms with E-state index in [0.29, 0.717) is 11.0 Å². The first-order valence-corrected chi connectivity index (χ1v) is 7.84. The summed E-state index contributed by atoms with van der Waals surface area (Å²) in [5, 5.41) is 4.66. The van der Waals surface area contributed by atoms with E-state index >= 15 is 0 Å². The molecule has 0 saturated heterocycles. The van der Waals surface area contributed by atoms with Crippen LogP contribution in [0.4, 0.5) is 5.82 Å². The average molecular weight is 299 g/mol. The Labute approximate surface area is 130 Å². The topological polar surface area (TPSA) is 50.9 Å². The Hall–Kier alpha value is -1.68. The number of nitrogens with one attached hydrogen (secondary N) is 1. The number of hydrogen-bond acceptors (Lipinski definition) is 3. The maximum atomic E-state index is 5.90. The molecule has 1 aromatic heterocycles. The first kappa shape index (κ1) is 14.3. The SMILES string of the molecule is CC1(C)CCCC1Nc1nc2ccccc2cc1C(N)=S. The highest BCUT2D eigenvalue weighted by atomic mass is 32.1. The molecular weight excluding hydrogens is 278 g/mol. The van der Waals surface area contributed by atoms with Crippen molar-refractivity contribution in [1.29, 1.82) is 0 Å². The van der Waals surface area contributed by atoms with Crippen LogP contribution in [0.3, 0.4) is 0 Å². The Bertz CT molecular complexity index is 693. The fourth-order valence-electron chi connectivity index (χ4n) is 3.17. The summed E-state index contributed by atoms with van der Waals surface area (Å²) in [6.07, 6.45) is 3.65. The van der Waals surface area contributed by atoms with E-state index in [4.69, 9.17) is 22.9 Å². The number of pyridine rings is 1. The van der Waals surface area contributed by atoms with Crippen molar-refractivity contribution in [3.05, 3.63) is 35.9 Å². The van der Waals surface area contributed by atoms with Crippen LogP contribution in [-0.4, -0.2) is 16.0 Å². The molecule has 3 rings (SSSR count). The van der Waals surface area contributed by atoms with Crippen LogP contribution in [-0.2, 0) is 0 Å². The lowest BCUT2D eigenvalue weighted by Crippen LogP contribution is -2.32. The molecule has 1 unspecified atom stereocenters. The van der Waals surface area contributed by atoms with E-state index in [1.165, 1.54) is 12.8 Å². The summed E-state index contributed by atoms with van der Waals surface area (Å²) in [6, 6.07) is 10.5. The summed E-state index contributed by atoms with van der Waals surface area (Å²) in [4.78, 5) is 5.14. The van der Waals surface area contributed by atoms with Crippen molar-refractivity contribution in [2.45, 2.75) is 39.2 Å². The van der Waals surface area contributed by atoms with Crippen LogP contribution < -0.4 is 11.1 Å². The van der Waals surface area contributed by atoms with Crippen molar-refractivity contribution in [3.8, 4) is 0 Å². The second-order valence-electron chi connectivity index (χ2n) is 6.52. The molecule has 2 aromatic rings. The molecule has 1 fully saturated rings. The average Bonchev–Trinajstić information content (AvgIpc) is 2.77. The number of anilines is 1. The first-order valence-electron chi connectivity index (χ1n) is 7.43. The number of rotatable bonds is 3. The van der Waals surface area contributed by atoms with Crippen molar-refractivity contribution >= 4 is 33.9 Å². The van der Waals surface area contributed by atoms with Crippen LogP contribution in [0.2, 0.25) is 0 Å². The molecule has 1 atom stereocenters. The van der Waals surface area contributed by atoms with Crippen LogP contribution in [0.15, 0.2) is 30.3 Å². The Morgan fingerprint density at radius 1 is 1.38 bits per heavy atom. The van der Waals surface area contributed by atoms with Gasteiger partial charge in [0, 0.05) is 11.4 Å². The number of nitrogens with zero attached hydrogens (tertiary/aromatic N) is 1. The van der Waals surface area contributed by atoms with Gasteiger partial charge < -0.3 is 11.1 Å². The number of nitrogens with two attached hydrogens (primary N) is 1. The molecule has 0 radical (unpaired) electrons. The van der Waals surface area contributed by atoms with Gasteiger partial charge in [-0.2, -0.15) is 0 Å². The zero-order chi connectivity index (χ0) is 15.0. The third-order valence-electron chi connectivity index (χ3n) is 4.56. The molecule has 0 bridgehead atoms. The molecule has 0 amide bonds. The van der Waals surface area contributed by atoms with Gasteiger partial charge in [-0.15, -0.1) is 0 Å². The summed E-state index contributed by atoms with van der Waals surface area (Å²) in [7, 11) is 0. The molecular formula is C17H21N3S. The van der Waals surface area contributed by atoms with Gasteiger partial charge in [-0.3, -0.25) is 0 Å². The minimum atomic E-state index is 0.279. The Balaban J connectivity index is 2.03. The van der Waals surface area contributed by atoms with E-state index < -0.39 is 0 Å². The van der Waals surface area contributed by atoms with Crippen LogP contribution >= 0.6 is 12.2 Å². The van der Waals surface area contributed by atoms with E-state index in [-0.39, 0.29) is 5.41 Å². The lowest BCUT2D eigenvalue weighted by Gasteiger charge is -2.29. The lowest BCUT2D eigenvalue weighted by atomic mass is 9.87. The minimum absolute atomic E-state index is 0.279. The molecule has 1 aromatic carbocycles. The number of hydrogen-bond donors (Lipinski definition) is 2. The molecule has 3 nitrogen and oxygen atoms in total. The van der Waals surface area contributed by atoms with E-state index in [9.17, 15) is 0 Å². The van der Waals surface area contributed by atoms with E-state index in [1.54, 1.807) is 0 Å². The van der Waals surface area contributed by atoms with Crippen LogP contribution in [0.1, 0.15) is 38.7 Å². The van der Waals surface area contributed by atoms with Crippen molar-refractivity contribution in [1.82, 2.24) is 4.98 Å². The minimum Gasteiger partial charge on any atom is -0.389 e. The summed E-state index contributed by atoms with van der Waals surface area (Å²) < 4.78 is 0. The standard InChI is InChI=1S/C17H21N3S/c1-17(2)9-5-8-14(17)20-16-12(15(18)21)10-11-6-3-4-7-13(11)19-16/h3-4,6-7,10,14H,5,8-9H2,1-2H3,(H2,18,21)(H,19,20). The maximum Gasteiger partial charge on any atom is 0.137 e. The zero-order valence-corrected chi connectivity index (χ0v) is 13.3. The lowest BCUT2D eigenvalue weighted by molar-refractivity contribution is 0.349. The Morgan fingerprint density at radius 2 is 2.14 bits per heavy atom. The van der Waals surface area contributed by atoms with Gasteiger partial charge in [-0.1, -0.05) is 50.7 Å². The Kier molecular flexibility index (Phi) is 3.57. The fourth-order valence-corrected chi connectivity index (χ4v) is 3.33. The molecule has 1 aliphatic rings. The number of para-hydroxylation sites is 1. The zero-order valence-electron chi connectivity index (χ0n) is 12.5. The quantitative estimate of drug-likeness (QED) is 0.845. The second kappa shape index (κ2) is 5.26. The monoisotopic (exact) mass is 299 g/mol. The van der Waals surface area contributed by atoms with Crippen LogP contribution in [0.5, 0.6) is 0 Å². The Morgan fingerprint density at radius 3 is 2.81 bits per heavy atom. The highest BCUT2D eigenvalue weighted by molar-refractivity contribution is 7.80. The van der Waals surface area contributed by atoms with Gasteiger partial charge in [0.15, 0.2) is 0 Å². The van der Waals surface area contributed by atoms with Crippen LogP contribution in [0.25, 0.3) is 10.9 Å². The molecule has 4 heteroatoms. The first-order chi connectivity index (χ1) is 9.97. The number of aromatic nitrogens is 1. The predicted octanol–water partition coefficient (Wildman–Crippen LogP) is 3.86. The molecule has 21 heavy (non-hydrogen) atoms. The van der Waals surface area contributed by atoms with Gasteiger partial charge in [0.25, 0.3) is 0 Å². The van der Waals surface area contributed by atoms with Gasteiger partial charge in [0.2, 0.25) is 0 Å². The van der Waals surface area contributed by atoms with E-state index in [1.807, 2.05) is 30.3 Å². The molecule has 0 aliphatic heterocycles. The van der Waals surface area contributed by atoms with Crippen molar-refractivity contribution < 1.29 is 0 Å². The number of fused-ring (bicyclic) bond motifs is 1.